The highest BCUT2D eigenvalue weighted by Gasteiger charge is 2.25. The number of nitrogens with two attached hydrogens (primary N) is 1. The maximum Gasteiger partial charge on any atom is 0.269 e. The maximum atomic E-state index is 10.9. The molecule has 5 heteroatoms. The fourth-order valence-electron chi connectivity index (χ4n) is 1.41. The minimum atomic E-state index is -0.489. The third-order valence-corrected chi connectivity index (χ3v) is 1.91. The number of aryl methyl sites for hydroxylation is 1. The summed E-state index contributed by atoms with van der Waals surface area (Å²) in [6.45, 7) is 0.612. The van der Waals surface area contributed by atoms with Crippen molar-refractivity contribution in [2.45, 2.75) is 6.42 Å². The molecule has 64 valence electrons. The Morgan fingerprint density at radius 2 is 2.50 bits per heavy atom. The number of nitrogens with zero attached hydrogens (tertiary/aromatic N) is 2. The van der Waals surface area contributed by atoms with E-state index < -0.39 is 5.91 Å². The van der Waals surface area contributed by atoms with Crippen LogP contribution in [0.4, 0.5) is 0 Å². The predicted molar refractivity (Wildman–Crippen MR) is 40.9 cm³/mol. The molecule has 0 saturated carbocycles. The van der Waals surface area contributed by atoms with Crippen molar-refractivity contribution < 1.29 is 9.53 Å². The minimum Gasteiger partial charge on any atom is -0.477 e. The van der Waals surface area contributed by atoms with E-state index in [1.54, 1.807) is 11.7 Å². The van der Waals surface area contributed by atoms with Crippen molar-refractivity contribution in [1.82, 2.24) is 9.78 Å². The molecule has 0 saturated heterocycles. The average Bonchev–Trinajstić information content (AvgIpc) is 2.53. The second kappa shape index (κ2) is 2.23. The summed E-state index contributed by atoms with van der Waals surface area (Å²) in [7, 11) is 1.73. The first-order valence-electron chi connectivity index (χ1n) is 3.68. The summed E-state index contributed by atoms with van der Waals surface area (Å²) in [6, 6.07) is 0. The Bertz CT molecular complexity index is 343. The molecule has 2 N–H and O–H groups in total. The Morgan fingerprint density at radius 3 is 3.17 bits per heavy atom. The molecule has 1 aromatic rings. The van der Waals surface area contributed by atoms with E-state index >= 15 is 0 Å². The topological polar surface area (TPSA) is 70.1 Å². The zero-order chi connectivity index (χ0) is 8.72. The van der Waals surface area contributed by atoms with Gasteiger partial charge in [0.25, 0.3) is 5.91 Å². The largest absolute Gasteiger partial charge is 0.477 e. The van der Waals surface area contributed by atoms with E-state index in [1.807, 2.05) is 0 Å². The van der Waals surface area contributed by atoms with Crippen molar-refractivity contribution in [2.75, 3.05) is 6.61 Å². The monoisotopic (exact) mass is 167 g/mol. The number of carbonyl (C=O) groups is 1. The highest BCUT2D eigenvalue weighted by Crippen LogP contribution is 2.26. The molecule has 1 amide bonds. The van der Waals surface area contributed by atoms with Crippen LogP contribution in [0.15, 0.2) is 0 Å². The number of ether oxygens (including phenoxy) is 1. The lowest BCUT2D eigenvalue weighted by atomic mass is 10.2. The van der Waals surface area contributed by atoms with Crippen LogP contribution in [0.25, 0.3) is 0 Å². The van der Waals surface area contributed by atoms with Crippen molar-refractivity contribution in [3.05, 3.63) is 11.3 Å². The summed E-state index contributed by atoms with van der Waals surface area (Å²) in [6.07, 6.45) is 0.724. The van der Waals surface area contributed by atoms with Crippen LogP contribution in [0, 0.1) is 0 Å². The van der Waals surface area contributed by atoms with E-state index in [-0.39, 0.29) is 0 Å². The number of hydrogen-bond donors (Lipinski definition) is 1. The van der Waals surface area contributed by atoms with Crippen molar-refractivity contribution in [3.8, 4) is 5.88 Å². The lowest BCUT2D eigenvalue weighted by molar-refractivity contribution is 0.0994. The van der Waals surface area contributed by atoms with Gasteiger partial charge < -0.3 is 10.5 Å². The Morgan fingerprint density at radius 1 is 1.75 bits per heavy atom. The van der Waals surface area contributed by atoms with Crippen LogP contribution in [0.5, 0.6) is 5.88 Å². The summed E-state index contributed by atoms with van der Waals surface area (Å²) in [4.78, 5) is 10.9. The van der Waals surface area contributed by atoms with Crippen molar-refractivity contribution >= 4 is 5.91 Å². The van der Waals surface area contributed by atoms with Crippen molar-refractivity contribution in [1.29, 1.82) is 0 Å². The molecule has 12 heavy (non-hydrogen) atoms. The molecule has 0 unspecified atom stereocenters. The van der Waals surface area contributed by atoms with Crippen molar-refractivity contribution in [2.24, 2.45) is 12.8 Å². The van der Waals surface area contributed by atoms with Gasteiger partial charge in [-0.15, -0.1) is 0 Å². The molecule has 0 aliphatic carbocycles. The molecule has 0 atom stereocenters. The van der Waals surface area contributed by atoms with Crippen LogP contribution in [0.2, 0.25) is 0 Å². The normalized spacial score (nSPS) is 14.1. The fourth-order valence-corrected chi connectivity index (χ4v) is 1.41. The van der Waals surface area contributed by atoms with Gasteiger partial charge in [-0.05, 0) is 0 Å². The zero-order valence-corrected chi connectivity index (χ0v) is 6.70. The van der Waals surface area contributed by atoms with Gasteiger partial charge in [-0.1, -0.05) is 0 Å². The van der Waals surface area contributed by atoms with Crippen LogP contribution in [0.3, 0.4) is 0 Å². The fraction of sp³-hybridized carbons (Fsp3) is 0.429. The molecule has 1 aliphatic rings. The second-order valence-corrected chi connectivity index (χ2v) is 2.72. The summed E-state index contributed by atoms with van der Waals surface area (Å²) >= 11 is 0. The number of rotatable bonds is 1. The van der Waals surface area contributed by atoms with Gasteiger partial charge >= 0.3 is 0 Å². The summed E-state index contributed by atoms with van der Waals surface area (Å²) in [5.41, 5.74) is 6.31. The van der Waals surface area contributed by atoms with Crippen LogP contribution >= 0.6 is 0 Å². The third kappa shape index (κ3) is 0.792. The summed E-state index contributed by atoms with van der Waals surface area (Å²) in [5.74, 6) is 0.182. The van der Waals surface area contributed by atoms with E-state index in [9.17, 15) is 4.79 Å². The van der Waals surface area contributed by atoms with Gasteiger partial charge in [-0.3, -0.25) is 4.79 Å². The van der Waals surface area contributed by atoms with Crippen LogP contribution in [-0.2, 0) is 13.5 Å². The quantitative estimate of drug-likeness (QED) is 0.610. The Kier molecular flexibility index (Phi) is 1.33. The molecule has 2 rings (SSSR count). The van der Waals surface area contributed by atoms with Gasteiger partial charge in [0, 0.05) is 13.5 Å². The Balaban J connectivity index is 2.58. The molecular weight excluding hydrogens is 158 g/mol. The first-order chi connectivity index (χ1) is 5.70. The molecule has 0 radical (unpaired) electrons. The number of primary amides is 1. The van der Waals surface area contributed by atoms with Crippen LogP contribution < -0.4 is 10.5 Å². The van der Waals surface area contributed by atoms with E-state index in [0.29, 0.717) is 18.2 Å². The van der Waals surface area contributed by atoms with Gasteiger partial charge in [0.05, 0.1) is 12.2 Å². The molecule has 2 heterocycles. The number of carbonyl (C=O) groups excluding carboxylic acids is 1. The second-order valence-electron chi connectivity index (χ2n) is 2.72. The molecule has 5 nitrogen and oxygen atoms in total. The molecule has 1 aromatic heterocycles. The van der Waals surface area contributed by atoms with Gasteiger partial charge in [-0.2, -0.15) is 5.10 Å². The number of amides is 1. The number of hydrogen-bond acceptors (Lipinski definition) is 3. The number of aromatic nitrogens is 2. The van der Waals surface area contributed by atoms with E-state index in [2.05, 4.69) is 5.10 Å². The van der Waals surface area contributed by atoms with Gasteiger partial charge in [0.1, 0.15) is 0 Å². The summed E-state index contributed by atoms with van der Waals surface area (Å²) in [5, 5.41) is 3.95. The molecular formula is C7H9N3O2. The highest BCUT2D eigenvalue weighted by molar-refractivity contribution is 5.93. The van der Waals surface area contributed by atoms with E-state index in [1.165, 1.54) is 0 Å². The molecule has 0 spiro atoms. The molecule has 0 bridgehead atoms. The van der Waals surface area contributed by atoms with Gasteiger partial charge in [0.2, 0.25) is 5.88 Å². The van der Waals surface area contributed by atoms with Crippen LogP contribution in [-0.4, -0.2) is 22.3 Å². The number of fused-ring (bicyclic) bond motifs is 1. The zero-order valence-electron chi connectivity index (χ0n) is 6.70. The van der Waals surface area contributed by atoms with E-state index in [4.69, 9.17) is 10.5 Å². The van der Waals surface area contributed by atoms with Crippen molar-refractivity contribution in [3.63, 3.8) is 0 Å². The maximum absolute atomic E-state index is 10.9. The Hall–Kier alpha value is -1.52. The summed E-state index contributed by atoms with van der Waals surface area (Å²) < 4.78 is 6.80. The smallest absolute Gasteiger partial charge is 0.269 e. The Labute approximate surface area is 69.1 Å². The first-order valence-corrected chi connectivity index (χ1v) is 3.68. The van der Waals surface area contributed by atoms with Gasteiger partial charge in [0.15, 0.2) is 5.69 Å². The lowest BCUT2D eigenvalue weighted by Crippen LogP contribution is -2.14. The lowest BCUT2D eigenvalue weighted by Gasteiger charge is -1.95. The highest BCUT2D eigenvalue weighted by atomic mass is 16.5. The predicted octanol–water partition coefficient (Wildman–Crippen LogP) is -0.546. The minimum absolute atomic E-state index is 0.338. The average molecular weight is 167 g/mol. The first kappa shape index (κ1) is 7.15. The SMILES string of the molecule is Cn1nc(C(N)=O)c2c1OCC2. The molecule has 0 fully saturated rings. The van der Waals surface area contributed by atoms with Gasteiger partial charge in [-0.25, -0.2) is 4.68 Å². The standard InChI is InChI=1S/C7H9N3O2/c1-10-7-4(2-3-12-7)5(9-10)6(8)11/h2-3H2,1H3,(H2,8,11). The molecule has 1 aliphatic heterocycles. The van der Waals surface area contributed by atoms with E-state index in [0.717, 1.165) is 12.0 Å². The third-order valence-electron chi connectivity index (χ3n) is 1.91. The van der Waals surface area contributed by atoms with Crippen LogP contribution in [0.1, 0.15) is 16.1 Å². The molecule has 0 aromatic carbocycles.